The fourth-order valence-corrected chi connectivity index (χ4v) is 3.44. The third-order valence-electron chi connectivity index (χ3n) is 4.78. The van der Waals surface area contributed by atoms with Gasteiger partial charge in [-0.1, -0.05) is 18.2 Å². The topological polar surface area (TPSA) is 89.3 Å². The number of ether oxygens (including phenoxy) is 5. The second-order valence-electron chi connectivity index (χ2n) is 6.68. The minimum Gasteiger partial charge on any atom is -0.493 e. The lowest BCUT2D eigenvalue weighted by atomic mass is 10.0. The van der Waals surface area contributed by atoms with Crippen molar-refractivity contribution >= 4 is 15.9 Å². The van der Waals surface area contributed by atoms with Crippen LogP contribution >= 0.6 is 15.9 Å². The Hall–Kier alpha value is -2.78. The molecule has 0 aliphatic heterocycles. The number of hydrogen-bond donors (Lipinski definition) is 0. The van der Waals surface area contributed by atoms with E-state index in [1.54, 1.807) is 49.6 Å². The maximum Gasteiger partial charge on any atom is 0.301 e. The maximum absolute atomic E-state index is 11.9. The molecule has 0 heterocycles. The summed E-state index contributed by atoms with van der Waals surface area (Å²) < 4.78 is 25.9. The monoisotopic (exact) mass is 495 g/mol. The molecule has 0 amide bonds. The largest absolute Gasteiger partial charge is 0.493 e. The van der Waals surface area contributed by atoms with Crippen molar-refractivity contribution in [1.29, 1.82) is 0 Å². The molecule has 2 aromatic rings. The number of rotatable bonds is 11. The van der Waals surface area contributed by atoms with Gasteiger partial charge in [0.2, 0.25) is 0 Å². The fraction of sp³-hybridized carbons (Fsp3) is 0.364. The van der Waals surface area contributed by atoms with Gasteiger partial charge in [0.05, 0.1) is 28.4 Å². The number of methoxy groups -OCH3 is 4. The molecule has 0 radical (unpaired) electrons. The maximum atomic E-state index is 11.9. The van der Waals surface area contributed by atoms with Crippen LogP contribution in [0, 0.1) is 10.1 Å². The van der Waals surface area contributed by atoms with E-state index in [1.807, 2.05) is 0 Å². The Balaban J connectivity index is 2.52. The first-order valence-electron chi connectivity index (χ1n) is 9.28. The zero-order valence-electron chi connectivity index (χ0n) is 18.1. The minimum atomic E-state index is -1.63. The molecule has 3 atom stereocenters. The molecule has 1 unspecified atom stereocenters. The lowest BCUT2D eigenvalue weighted by Gasteiger charge is -2.29. The molecule has 0 bridgehead atoms. The van der Waals surface area contributed by atoms with Gasteiger partial charge in [0.25, 0.3) is 0 Å². The Labute approximate surface area is 190 Å². The first kappa shape index (κ1) is 24.5. The molecular formula is C22H26BrNO7. The van der Waals surface area contributed by atoms with Gasteiger partial charge in [-0.2, -0.15) is 0 Å². The summed E-state index contributed by atoms with van der Waals surface area (Å²) in [5, 5.41) is 11.9. The average Bonchev–Trinajstić information content (AvgIpc) is 2.78. The van der Waals surface area contributed by atoms with Crippen LogP contribution in [-0.4, -0.2) is 37.8 Å². The highest BCUT2D eigenvalue weighted by atomic mass is 79.9. The summed E-state index contributed by atoms with van der Waals surface area (Å²) in [4.78, 5) is 11.4. The number of nitrogens with zero attached hydrogens (tertiary/aromatic N) is 1. The molecule has 0 aliphatic rings. The molecule has 168 valence electrons. The Morgan fingerprint density at radius 1 is 0.935 bits per heavy atom. The number of nitro groups is 1. The summed E-state index contributed by atoms with van der Waals surface area (Å²) in [6, 6.07) is 10.3. The predicted molar refractivity (Wildman–Crippen MR) is 120 cm³/mol. The van der Waals surface area contributed by atoms with Crippen LogP contribution < -0.4 is 18.9 Å². The van der Waals surface area contributed by atoms with Gasteiger partial charge in [-0.05, 0) is 35.4 Å². The van der Waals surface area contributed by atoms with Gasteiger partial charge >= 0.3 is 4.45 Å². The molecule has 0 fully saturated rings. The molecule has 2 rings (SSSR count). The molecule has 0 aliphatic carbocycles. The van der Waals surface area contributed by atoms with Crippen LogP contribution in [0.3, 0.4) is 0 Å². The van der Waals surface area contributed by atoms with Crippen molar-refractivity contribution in [2.75, 3.05) is 28.4 Å². The van der Waals surface area contributed by atoms with Crippen LogP contribution in [0.5, 0.6) is 23.0 Å². The third-order valence-corrected chi connectivity index (χ3v) is 5.48. The van der Waals surface area contributed by atoms with Gasteiger partial charge in [0.15, 0.2) is 29.1 Å². The van der Waals surface area contributed by atoms with Gasteiger partial charge in [0.1, 0.15) is 6.10 Å². The standard InChI is InChI=1S/C22H26BrNO7/c1-7-16(14-8-10-17(27-3)19(12-14)29-5)31-21(22(2,23)24(25)26)15-9-11-18(28-4)20(13-15)30-6/h7-13,16,21H,1H2,2-6H3/t16-,21+,22?/m0/s1. The molecule has 0 aromatic heterocycles. The van der Waals surface area contributed by atoms with Crippen LogP contribution in [0.15, 0.2) is 49.1 Å². The highest BCUT2D eigenvalue weighted by Crippen LogP contribution is 2.43. The SMILES string of the molecule is C=C[C@H](O[C@H](c1ccc(OC)c(OC)c1)C(C)(Br)[N+](=O)[O-])c1ccc(OC)c(OC)c1. The summed E-state index contributed by atoms with van der Waals surface area (Å²) in [6.45, 7) is 5.28. The number of hydrogen-bond acceptors (Lipinski definition) is 7. The molecule has 0 saturated heterocycles. The van der Waals surface area contributed by atoms with Crippen LogP contribution in [0.25, 0.3) is 0 Å². The van der Waals surface area contributed by atoms with Gasteiger partial charge in [-0.3, -0.25) is 10.1 Å². The first-order valence-corrected chi connectivity index (χ1v) is 10.1. The highest BCUT2D eigenvalue weighted by Gasteiger charge is 2.46. The summed E-state index contributed by atoms with van der Waals surface area (Å²) in [5.41, 5.74) is 1.23. The van der Waals surface area contributed by atoms with E-state index in [0.29, 0.717) is 34.1 Å². The third kappa shape index (κ3) is 5.29. The van der Waals surface area contributed by atoms with E-state index in [2.05, 4.69) is 22.5 Å². The molecule has 9 heteroatoms. The molecule has 2 aromatic carbocycles. The van der Waals surface area contributed by atoms with Crippen molar-refractivity contribution in [3.05, 3.63) is 70.3 Å². The first-order chi connectivity index (χ1) is 14.7. The predicted octanol–water partition coefficient (Wildman–Crippen LogP) is 5.09. The minimum absolute atomic E-state index is 0.432. The van der Waals surface area contributed by atoms with E-state index < -0.39 is 21.6 Å². The number of alkyl halides is 1. The van der Waals surface area contributed by atoms with Crippen molar-refractivity contribution in [3.8, 4) is 23.0 Å². The van der Waals surface area contributed by atoms with E-state index in [9.17, 15) is 10.1 Å². The molecule has 8 nitrogen and oxygen atoms in total. The number of benzene rings is 2. The summed E-state index contributed by atoms with van der Waals surface area (Å²) in [5.74, 6) is 2.00. The summed E-state index contributed by atoms with van der Waals surface area (Å²) in [6.07, 6.45) is -0.106. The lowest BCUT2D eigenvalue weighted by molar-refractivity contribution is -0.546. The summed E-state index contributed by atoms with van der Waals surface area (Å²) in [7, 11) is 6.08. The second kappa shape index (κ2) is 10.5. The normalized spacial score (nSPS) is 14.6. The van der Waals surface area contributed by atoms with E-state index in [0.717, 1.165) is 0 Å². The molecular weight excluding hydrogens is 470 g/mol. The Kier molecular flexibility index (Phi) is 8.29. The van der Waals surface area contributed by atoms with Crippen LogP contribution in [0.2, 0.25) is 0 Å². The van der Waals surface area contributed by atoms with E-state index in [1.165, 1.54) is 28.3 Å². The fourth-order valence-electron chi connectivity index (χ4n) is 3.07. The van der Waals surface area contributed by atoms with E-state index in [4.69, 9.17) is 23.7 Å². The molecule has 0 saturated carbocycles. The van der Waals surface area contributed by atoms with Gasteiger partial charge < -0.3 is 23.7 Å². The molecule has 0 N–H and O–H groups in total. The quantitative estimate of drug-likeness (QED) is 0.141. The van der Waals surface area contributed by atoms with Crippen molar-refractivity contribution < 1.29 is 28.6 Å². The van der Waals surface area contributed by atoms with Gasteiger partial charge in [-0.15, -0.1) is 6.58 Å². The lowest BCUT2D eigenvalue weighted by Crippen LogP contribution is -2.37. The highest BCUT2D eigenvalue weighted by molar-refractivity contribution is 9.10. The van der Waals surface area contributed by atoms with Gasteiger partial charge in [0, 0.05) is 27.8 Å². The van der Waals surface area contributed by atoms with Crippen LogP contribution in [-0.2, 0) is 4.74 Å². The van der Waals surface area contributed by atoms with Crippen molar-refractivity contribution in [1.82, 2.24) is 0 Å². The molecule has 0 spiro atoms. The molecule has 31 heavy (non-hydrogen) atoms. The van der Waals surface area contributed by atoms with Crippen molar-refractivity contribution in [2.24, 2.45) is 0 Å². The Morgan fingerprint density at radius 3 is 1.81 bits per heavy atom. The van der Waals surface area contributed by atoms with Crippen molar-refractivity contribution in [2.45, 2.75) is 23.6 Å². The van der Waals surface area contributed by atoms with Crippen LogP contribution in [0.1, 0.15) is 30.3 Å². The number of halogens is 1. The Morgan fingerprint density at radius 2 is 1.39 bits per heavy atom. The van der Waals surface area contributed by atoms with E-state index in [-0.39, 0.29) is 0 Å². The second-order valence-corrected chi connectivity index (χ2v) is 8.29. The smallest absolute Gasteiger partial charge is 0.301 e. The zero-order chi connectivity index (χ0) is 23.2. The van der Waals surface area contributed by atoms with Crippen LogP contribution in [0.4, 0.5) is 0 Å². The zero-order valence-corrected chi connectivity index (χ0v) is 19.7. The van der Waals surface area contributed by atoms with E-state index >= 15 is 0 Å². The van der Waals surface area contributed by atoms with Crippen molar-refractivity contribution in [3.63, 3.8) is 0 Å². The van der Waals surface area contributed by atoms with Gasteiger partial charge in [-0.25, -0.2) is 0 Å². The average molecular weight is 496 g/mol. The summed E-state index contributed by atoms with van der Waals surface area (Å²) >= 11 is 3.24. The Bertz CT molecular complexity index is 932.